The number of hydrogen-bond donors (Lipinski definition) is 2. The van der Waals surface area contributed by atoms with E-state index in [-0.39, 0.29) is 23.6 Å². The van der Waals surface area contributed by atoms with Crippen LogP contribution in [0.15, 0.2) is 0 Å². The lowest BCUT2D eigenvalue weighted by molar-refractivity contribution is -0.263. The van der Waals surface area contributed by atoms with Crippen LogP contribution in [0.2, 0.25) is 0 Å². The predicted molar refractivity (Wildman–Crippen MR) is 88.4 cm³/mol. The number of ether oxygens (including phenoxy) is 1. The Morgan fingerprint density at radius 2 is 1.80 bits per heavy atom. The van der Waals surface area contributed by atoms with Crippen molar-refractivity contribution in [3.63, 3.8) is 0 Å². The minimum absolute atomic E-state index is 0.0400. The van der Waals surface area contributed by atoms with Gasteiger partial charge in [0, 0.05) is 22.7 Å². The van der Waals surface area contributed by atoms with Gasteiger partial charge in [-0.15, -0.1) is 0 Å². The summed E-state index contributed by atoms with van der Waals surface area (Å²) in [5.41, 5.74) is -3.75. The van der Waals surface area contributed by atoms with Crippen LogP contribution in [0.1, 0.15) is 65.7 Å². The average Bonchev–Trinajstić information content (AvgIpc) is 2.85. The number of esters is 1. The first-order valence-corrected chi connectivity index (χ1v) is 9.76. The molecule has 4 aliphatic carbocycles. The van der Waals surface area contributed by atoms with Crippen LogP contribution in [-0.2, 0) is 14.3 Å². The zero-order valence-electron chi connectivity index (χ0n) is 15.3. The van der Waals surface area contributed by atoms with Gasteiger partial charge in [0.1, 0.15) is 11.4 Å². The van der Waals surface area contributed by atoms with E-state index >= 15 is 0 Å². The van der Waals surface area contributed by atoms with E-state index < -0.39 is 33.6 Å². The topological polar surface area (TPSA) is 83.8 Å². The Labute approximate surface area is 148 Å². The monoisotopic (exact) mass is 348 g/mol. The van der Waals surface area contributed by atoms with Crippen molar-refractivity contribution in [1.29, 1.82) is 0 Å². The smallest absolute Gasteiger partial charge is 0.312 e. The number of hydrogen-bond acceptors (Lipinski definition) is 5. The molecular weight excluding hydrogens is 320 g/mol. The van der Waals surface area contributed by atoms with Crippen molar-refractivity contribution >= 4 is 11.8 Å². The maximum absolute atomic E-state index is 13.4. The average molecular weight is 348 g/mol. The highest BCUT2D eigenvalue weighted by molar-refractivity contribution is 5.93. The van der Waals surface area contributed by atoms with Crippen LogP contribution in [0.25, 0.3) is 0 Å². The molecule has 8 atom stereocenters. The van der Waals surface area contributed by atoms with Crippen molar-refractivity contribution in [2.75, 3.05) is 0 Å². The Morgan fingerprint density at radius 3 is 2.52 bits per heavy atom. The van der Waals surface area contributed by atoms with E-state index in [9.17, 15) is 19.8 Å². The third-order valence-corrected chi connectivity index (χ3v) is 9.56. The molecule has 25 heavy (non-hydrogen) atoms. The number of aliphatic hydroxyl groups is 2. The van der Waals surface area contributed by atoms with E-state index in [1.807, 2.05) is 13.8 Å². The van der Waals surface area contributed by atoms with Gasteiger partial charge >= 0.3 is 5.97 Å². The molecule has 1 aliphatic heterocycles. The molecule has 5 heteroatoms. The van der Waals surface area contributed by atoms with Crippen molar-refractivity contribution < 1.29 is 24.5 Å². The fraction of sp³-hybridized carbons (Fsp3) is 0.900. The first-order chi connectivity index (χ1) is 11.6. The van der Waals surface area contributed by atoms with E-state index in [4.69, 9.17) is 4.74 Å². The minimum Gasteiger partial charge on any atom is -0.455 e. The molecule has 0 aromatic heterocycles. The SMILES string of the molecule is C[C@H]1C(=O)[C@@]23CC[C@H]4[C@]5(OC(=O)[C@]4(C)CC[C@@H]5O)[C@@]2(C)CC[C@]1(O)C3. The minimum atomic E-state index is -0.976. The van der Waals surface area contributed by atoms with Crippen molar-refractivity contribution in [3.05, 3.63) is 0 Å². The fourth-order valence-corrected chi connectivity index (χ4v) is 7.93. The van der Waals surface area contributed by atoms with Crippen LogP contribution in [0.3, 0.4) is 0 Å². The molecule has 2 N–H and O–H groups in total. The molecule has 138 valence electrons. The second kappa shape index (κ2) is 4.14. The van der Waals surface area contributed by atoms with Crippen molar-refractivity contribution in [1.82, 2.24) is 0 Å². The van der Waals surface area contributed by atoms with Gasteiger partial charge in [0.25, 0.3) is 0 Å². The molecule has 0 radical (unpaired) electrons. The quantitative estimate of drug-likeness (QED) is 0.654. The molecule has 5 rings (SSSR count). The van der Waals surface area contributed by atoms with Crippen molar-refractivity contribution in [2.45, 2.75) is 83.0 Å². The van der Waals surface area contributed by atoms with Gasteiger partial charge in [0.15, 0.2) is 0 Å². The molecule has 4 saturated carbocycles. The number of aliphatic hydroxyl groups excluding tert-OH is 1. The van der Waals surface area contributed by atoms with Crippen LogP contribution in [-0.4, -0.2) is 39.3 Å². The summed E-state index contributed by atoms with van der Waals surface area (Å²) >= 11 is 0. The lowest BCUT2D eigenvalue weighted by atomic mass is 9.39. The summed E-state index contributed by atoms with van der Waals surface area (Å²) in [6.07, 6.45) is 3.48. The highest BCUT2D eigenvalue weighted by Crippen LogP contribution is 2.77. The molecule has 0 aromatic rings. The van der Waals surface area contributed by atoms with E-state index in [0.717, 1.165) is 0 Å². The Balaban J connectivity index is 1.75. The second-order valence-corrected chi connectivity index (χ2v) is 10.0. The van der Waals surface area contributed by atoms with Crippen molar-refractivity contribution in [3.8, 4) is 0 Å². The van der Waals surface area contributed by atoms with Gasteiger partial charge in [-0.3, -0.25) is 9.59 Å². The summed E-state index contributed by atoms with van der Waals surface area (Å²) in [6, 6.07) is 0. The number of Topliss-reactive ketones (excluding diaryl/α,β-unsaturated/α-hetero) is 1. The Morgan fingerprint density at radius 1 is 1.08 bits per heavy atom. The zero-order chi connectivity index (χ0) is 18.0. The van der Waals surface area contributed by atoms with Gasteiger partial charge in [-0.05, 0) is 51.9 Å². The molecule has 0 aromatic carbocycles. The number of carbonyl (C=O) groups excluding carboxylic acids is 2. The maximum atomic E-state index is 13.4. The number of ketones is 1. The molecule has 4 bridgehead atoms. The van der Waals surface area contributed by atoms with Crippen molar-refractivity contribution in [2.24, 2.45) is 28.1 Å². The molecule has 1 spiro atoms. The summed E-state index contributed by atoms with van der Waals surface area (Å²) in [6.45, 7) is 5.88. The Bertz CT molecular complexity index is 704. The third kappa shape index (κ3) is 1.35. The molecule has 5 fully saturated rings. The largest absolute Gasteiger partial charge is 0.455 e. The van der Waals surface area contributed by atoms with Crippen LogP contribution >= 0.6 is 0 Å². The van der Waals surface area contributed by atoms with Crippen LogP contribution in [0.4, 0.5) is 0 Å². The first kappa shape index (κ1) is 16.2. The second-order valence-electron chi connectivity index (χ2n) is 10.0. The summed E-state index contributed by atoms with van der Waals surface area (Å²) in [5.74, 6) is -0.509. The fourth-order valence-electron chi connectivity index (χ4n) is 7.93. The third-order valence-electron chi connectivity index (χ3n) is 9.56. The van der Waals surface area contributed by atoms with E-state index in [1.165, 1.54) is 0 Å². The molecule has 5 aliphatic rings. The number of carbonyl (C=O) groups is 2. The molecule has 5 nitrogen and oxygen atoms in total. The van der Waals surface area contributed by atoms with E-state index in [2.05, 4.69) is 6.92 Å². The lowest BCUT2D eigenvalue weighted by Crippen LogP contribution is -2.71. The normalized spacial score (nSPS) is 62.4. The highest BCUT2D eigenvalue weighted by atomic mass is 16.6. The van der Waals surface area contributed by atoms with Gasteiger partial charge in [-0.25, -0.2) is 0 Å². The molecule has 1 saturated heterocycles. The summed E-state index contributed by atoms with van der Waals surface area (Å²) in [7, 11) is 0. The first-order valence-electron chi connectivity index (χ1n) is 9.76. The lowest BCUT2D eigenvalue weighted by Gasteiger charge is -2.65. The maximum Gasteiger partial charge on any atom is 0.312 e. The molecule has 1 heterocycles. The molecule has 0 amide bonds. The van der Waals surface area contributed by atoms with Gasteiger partial charge in [0.05, 0.1) is 17.1 Å². The number of fused-ring (bicyclic) bond motifs is 1. The summed E-state index contributed by atoms with van der Waals surface area (Å²) in [4.78, 5) is 26.2. The predicted octanol–water partition coefficient (Wildman–Crippen LogP) is 1.98. The van der Waals surface area contributed by atoms with E-state index in [1.54, 1.807) is 0 Å². The molecular formula is C20H28O5. The van der Waals surface area contributed by atoms with Gasteiger partial charge in [-0.1, -0.05) is 13.8 Å². The van der Waals surface area contributed by atoms with Crippen LogP contribution < -0.4 is 0 Å². The molecule has 0 unspecified atom stereocenters. The zero-order valence-corrected chi connectivity index (χ0v) is 15.3. The van der Waals surface area contributed by atoms with E-state index in [0.29, 0.717) is 44.9 Å². The highest BCUT2D eigenvalue weighted by Gasteiger charge is 2.83. The van der Waals surface area contributed by atoms with Gasteiger partial charge < -0.3 is 14.9 Å². The summed E-state index contributed by atoms with van der Waals surface area (Å²) in [5, 5.41) is 22.2. The Kier molecular flexibility index (Phi) is 2.69. The van der Waals surface area contributed by atoms with Gasteiger partial charge in [-0.2, -0.15) is 0 Å². The van der Waals surface area contributed by atoms with Crippen LogP contribution in [0, 0.1) is 28.1 Å². The number of rotatable bonds is 0. The summed E-state index contributed by atoms with van der Waals surface area (Å²) < 4.78 is 6.10. The standard InChI is InChI=1S/C20H28O5/c1-11-14(22)18-7-4-12-16(2)6-5-13(21)20(12,25-15(16)23)17(18,3)8-9-19(11,24)10-18/h11-13,21,24H,4-10H2,1-3H3/t11-,12+,13-,16+,17-,18-,19-,20+/m0/s1. The van der Waals surface area contributed by atoms with Gasteiger partial charge in [0.2, 0.25) is 0 Å². The Hall–Kier alpha value is -0.940. The van der Waals surface area contributed by atoms with Crippen LogP contribution in [0.5, 0.6) is 0 Å².